The summed E-state index contributed by atoms with van der Waals surface area (Å²) < 4.78 is 11.0. The summed E-state index contributed by atoms with van der Waals surface area (Å²) in [4.78, 5) is 30.7. The zero-order chi connectivity index (χ0) is 23.5. The topological polar surface area (TPSA) is 105 Å². The molecule has 9 heteroatoms. The van der Waals surface area contributed by atoms with Crippen LogP contribution in [-0.2, 0) is 28.1 Å². The van der Waals surface area contributed by atoms with Crippen molar-refractivity contribution in [2.75, 3.05) is 11.9 Å². The van der Waals surface area contributed by atoms with Crippen LogP contribution >= 0.6 is 23.1 Å². The number of amides is 1. The van der Waals surface area contributed by atoms with Crippen LogP contribution in [0.15, 0.2) is 58.2 Å². The van der Waals surface area contributed by atoms with Crippen molar-refractivity contribution in [2.24, 2.45) is 0 Å². The lowest BCUT2D eigenvalue weighted by atomic mass is 10.1. The highest BCUT2D eigenvalue weighted by atomic mass is 32.2. The maximum absolute atomic E-state index is 12.7. The molecule has 1 aliphatic rings. The highest BCUT2D eigenvalue weighted by Crippen LogP contribution is 2.38. The molecule has 2 aromatic carbocycles. The van der Waals surface area contributed by atoms with Crippen molar-refractivity contribution >= 4 is 51.1 Å². The first kappa shape index (κ1) is 22.2. The number of aryl methyl sites for hydroxylation is 1. The number of carbonyl (C=O) groups is 2. The van der Waals surface area contributed by atoms with Gasteiger partial charge in [0.15, 0.2) is 12.2 Å². The Kier molecular flexibility index (Phi) is 6.34. The zero-order valence-corrected chi connectivity index (χ0v) is 19.6. The first-order chi connectivity index (χ1) is 16.6. The van der Waals surface area contributed by atoms with Crippen molar-refractivity contribution in [1.82, 2.24) is 4.98 Å². The number of hydrogen-bond acceptors (Lipinski definition) is 8. The smallest absolute Gasteiger partial charge is 0.338 e. The molecule has 0 aliphatic heterocycles. The number of fused-ring (bicyclic) bond motifs is 2. The van der Waals surface area contributed by atoms with Gasteiger partial charge in [0.25, 0.3) is 11.1 Å². The number of rotatable bonds is 7. The molecule has 1 aliphatic carbocycles. The molecule has 1 N–H and O–H groups in total. The first-order valence-electron chi connectivity index (χ1n) is 10.7. The highest BCUT2D eigenvalue weighted by Gasteiger charge is 2.23. The maximum Gasteiger partial charge on any atom is 0.338 e. The van der Waals surface area contributed by atoms with Crippen molar-refractivity contribution in [3.8, 4) is 6.07 Å². The van der Waals surface area contributed by atoms with Gasteiger partial charge in [0.2, 0.25) is 0 Å². The second-order valence-electron chi connectivity index (χ2n) is 7.69. The number of carbonyl (C=O) groups excluding carboxylic acids is 2. The molecule has 0 radical (unpaired) electrons. The first-order valence-corrected chi connectivity index (χ1v) is 12.5. The Labute approximate surface area is 203 Å². The minimum absolute atomic E-state index is 0.381. The molecule has 1 amide bonds. The predicted molar refractivity (Wildman–Crippen MR) is 130 cm³/mol. The van der Waals surface area contributed by atoms with E-state index in [1.165, 1.54) is 23.1 Å². The summed E-state index contributed by atoms with van der Waals surface area (Å²) in [5.41, 5.74) is 4.18. The molecule has 5 rings (SSSR count). The van der Waals surface area contributed by atoms with Gasteiger partial charge >= 0.3 is 5.97 Å². The fourth-order valence-corrected chi connectivity index (χ4v) is 5.98. The Morgan fingerprint density at radius 1 is 1.18 bits per heavy atom. The molecule has 170 valence electrons. The lowest BCUT2D eigenvalue weighted by molar-refractivity contribution is -0.119. The van der Waals surface area contributed by atoms with Gasteiger partial charge in [-0.15, -0.1) is 11.3 Å². The van der Waals surface area contributed by atoms with Gasteiger partial charge in [-0.2, -0.15) is 5.26 Å². The molecule has 0 spiro atoms. The van der Waals surface area contributed by atoms with E-state index in [4.69, 9.17) is 9.15 Å². The van der Waals surface area contributed by atoms with Gasteiger partial charge in [-0.3, -0.25) is 4.79 Å². The monoisotopic (exact) mass is 489 g/mol. The van der Waals surface area contributed by atoms with Gasteiger partial charge in [0.05, 0.1) is 11.1 Å². The average Bonchev–Trinajstić information content (AvgIpc) is 3.55. The number of benzene rings is 2. The Hall–Kier alpha value is -3.61. The van der Waals surface area contributed by atoms with Crippen LogP contribution in [0.2, 0.25) is 0 Å². The maximum atomic E-state index is 12.7. The van der Waals surface area contributed by atoms with E-state index in [0.29, 0.717) is 32.7 Å². The molecular formula is C25H19N3O4S2. The van der Waals surface area contributed by atoms with Crippen molar-refractivity contribution in [1.29, 1.82) is 5.26 Å². The molecule has 0 atom stereocenters. The number of nitrogens with one attached hydrogen (secondary N) is 1. The number of thiophene rings is 1. The van der Waals surface area contributed by atoms with E-state index >= 15 is 0 Å². The van der Waals surface area contributed by atoms with Gasteiger partial charge in [0, 0.05) is 10.6 Å². The fourth-order valence-electron chi connectivity index (χ4n) is 3.88. The van der Waals surface area contributed by atoms with Crippen molar-refractivity contribution in [2.45, 2.75) is 30.2 Å². The average molecular weight is 490 g/mol. The molecule has 2 aromatic heterocycles. The molecule has 0 fully saturated rings. The van der Waals surface area contributed by atoms with Gasteiger partial charge in [-0.1, -0.05) is 42.1 Å². The third kappa shape index (κ3) is 4.55. The lowest BCUT2D eigenvalue weighted by Crippen LogP contribution is -2.21. The Morgan fingerprint density at radius 3 is 2.85 bits per heavy atom. The number of nitriles is 1. The summed E-state index contributed by atoms with van der Waals surface area (Å²) in [5.74, 6) is -0.600. The molecule has 0 bridgehead atoms. The number of para-hydroxylation sites is 2. The normalized spacial score (nSPS) is 12.3. The van der Waals surface area contributed by atoms with Crippen LogP contribution in [0.5, 0.6) is 0 Å². The number of aromatic nitrogens is 1. The Bertz CT molecular complexity index is 1400. The SMILES string of the molecule is N#Cc1c(NC(=O)COC(=O)c2ccccc2CSc2nc3ccccc3o2)sc2c1CCC2. The van der Waals surface area contributed by atoms with Crippen molar-refractivity contribution < 1.29 is 18.7 Å². The van der Waals surface area contributed by atoms with E-state index in [1.54, 1.807) is 12.1 Å². The van der Waals surface area contributed by atoms with E-state index in [-0.39, 0.29) is 0 Å². The molecule has 0 saturated heterocycles. The number of oxazole rings is 1. The van der Waals surface area contributed by atoms with Crippen LogP contribution in [0, 0.1) is 11.3 Å². The van der Waals surface area contributed by atoms with Gasteiger partial charge in [-0.25, -0.2) is 9.78 Å². The molecule has 4 aromatic rings. The summed E-state index contributed by atoms with van der Waals surface area (Å²) in [6.07, 6.45) is 2.82. The van der Waals surface area contributed by atoms with E-state index in [9.17, 15) is 14.9 Å². The fraction of sp³-hybridized carbons (Fsp3) is 0.200. The van der Waals surface area contributed by atoms with E-state index in [0.717, 1.165) is 40.8 Å². The van der Waals surface area contributed by atoms with Crippen LogP contribution in [0.1, 0.15) is 38.3 Å². The van der Waals surface area contributed by atoms with E-state index < -0.39 is 18.5 Å². The molecule has 2 heterocycles. The summed E-state index contributed by atoms with van der Waals surface area (Å²) in [7, 11) is 0. The number of esters is 1. The van der Waals surface area contributed by atoms with Crippen LogP contribution in [-0.4, -0.2) is 23.5 Å². The van der Waals surface area contributed by atoms with E-state index in [1.807, 2.05) is 36.4 Å². The summed E-state index contributed by atoms with van der Waals surface area (Å²) in [6.45, 7) is -0.432. The Morgan fingerprint density at radius 2 is 2.00 bits per heavy atom. The van der Waals surface area contributed by atoms with Crippen LogP contribution in [0.3, 0.4) is 0 Å². The summed E-state index contributed by atoms with van der Waals surface area (Å²) >= 11 is 2.81. The third-order valence-electron chi connectivity index (χ3n) is 5.48. The van der Waals surface area contributed by atoms with Crippen molar-refractivity contribution in [3.63, 3.8) is 0 Å². The molecule has 7 nitrogen and oxygen atoms in total. The summed E-state index contributed by atoms with van der Waals surface area (Å²) in [5, 5.41) is 13.2. The van der Waals surface area contributed by atoms with E-state index in [2.05, 4.69) is 16.4 Å². The number of nitrogens with zero attached hydrogens (tertiary/aromatic N) is 2. The molecule has 34 heavy (non-hydrogen) atoms. The number of thioether (sulfide) groups is 1. The standard InChI is InChI=1S/C25H19N3O4S2/c26-12-18-17-8-5-11-21(17)34-23(18)28-22(29)13-31-24(30)16-7-2-1-6-15(16)14-33-25-27-19-9-3-4-10-20(19)32-25/h1-4,6-7,9-10H,5,8,11,13-14H2,(H,28,29). The van der Waals surface area contributed by atoms with Gasteiger partial charge < -0.3 is 14.5 Å². The number of ether oxygens (including phenoxy) is 1. The second-order valence-corrected chi connectivity index (χ2v) is 9.72. The van der Waals surface area contributed by atoms with Gasteiger partial charge in [-0.05, 0) is 48.6 Å². The largest absolute Gasteiger partial charge is 0.452 e. The Balaban J connectivity index is 1.20. The second kappa shape index (κ2) is 9.71. The van der Waals surface area contributed by atoms with Gasteiger partial charge in [0.1, 0.15) is 16.6 Å². The molecular weight excluding hydrogens is 470 g/mol. The predicted octanol–water partition coefficient (Wildman–Crippen LogP) is 5.34. The minimum atomic E-state index is -0.585. The van der Waals surface area contributed by atoms with Crippen LogP contribution < -0.4 is 5.32 Å². The molecule has 0 unspecified atom stereocenters. The zero-order valence-electron chi connectivity index (χ0n) is 18.0. The minimum Gasteiger partial charge on any atom is -0.452 e. The lowest BCUT2D eigenvalue weighted by Gasteiger charge is -2.09. The number of anilines is 1. The van der Waals surface area contributed by atoms with Crippen LogP contribution in [0.25, 0.3) is 11.1 Å². The quantitative estimate of drug-likeness (QED) is 0.276. The highest BCUT2D eigenvalue weighted by molar-refractivity contribution is 7.98. The molecule has 0 saturated carbocycles. The summed E-state index contributed by atoms with van der Waals surface area (Å²) in [6, 6.07) is 16.8. The third-order valence-corrected chi connectivity index (χ3v) is 7.57. The number of hydrogen-bond donors (Lipinski definition) is 1. The van der Waals surface area contributed by atoms with Crippen LogP contribution in [0.4, 0.5) is 5.00 Å². The van der Waals surface area contributed by atoms with Crippen molar-refractivity contribution in [3.05, 3.63) is 75.7 Å².